The summed E-state index contributed by atoms with van der Waals surface area (Å²) in [4.78, 5) is 127. The van der Waals surface area contributed by atoms with Gasteiger partial charge in [-0.2, -0.15) is 0 Å². The Labute approximate surface area is 313 Å². The average Bonchev–Trinajstić information content (AvgIpc) is 3.11. The molecule has 0 radical (unpaired) electrons. The summed E-state index contributed by atoms with van der Waals surface area (Å²) in [5.74, 6) is -10.1. The monoisotopic (exact) mass is 787 g/mol. The lowest BCUT2D eigenvalue weighted by molar-refractivity contribution is -0.142. The fourth-order valence-corrected chi connectivity index (χ4v) is 3.84. The summed E-state index contributed by atoms with van der Waals surface area (Å²) in [6.07, 6.45) is -0.0417. The lowest BCUT2D eigenvalue weighted by Gasteiger charge is -2.17. The summed E-state index contributed by atoms with van der Waals surface area (Å²) >= 11 is 0. The molecule has 0 aromatic rings. The summed E-state index contributed by atoms with van der Waals surface area (Å²) in [6.45, 7) is -3.53. The van der Waals surface area contributed by atoms with Crippen molar-refractivity contribution in [3.63, 3.8) is 0 Å². The van der Waals surface area contributed by atoms with Crippen LogP contribution in [0.2, 0.25) is 0 Å². The maximum atomic E-state index is 12.5. The smallest absolute Gasteiger partial charge is 0.326 e. The van der Waals surface area contributed by atoms with Crippen molar-refractivity contribution in [2.45, 2.75) is 50.2 Å². The van der Waals surface area contributed by atoms with Crippen molar-refractivity contribution >= 4 is 71.1 Å². The first-order valence-electron chi connectivity index (χ1n) is 16.3. The van der Waals surface area contributed by atoms with Crippen molar-refractivity contribution in [1.82, 2.24) is 42.5 Å². The number of guanidine groups is 2. The molecule has 0 aromatic heterocycles. The number of hydrogen-bond acceptors (Lipinski definition) is 13. The van der Waals surface area contributed by atoms with Gasteiger partial charge < -0.3 is 81.4 Å². The van der Waals surface area contributed by atoms with Gasteiger partial charge in [0.2, 0.25) is 47.3 Å². The topological polar surface area (TPSA) is 462 Å². The molecule has 27 nitrogen and oxygen atoms in total. The van der Waals surface area contributed by atoms with E-state index in [1.807, 2.05) is 0 Å². The van der Waals surface area contributed by atoms with Gasteiger partial charge >= 0.3 is 11.9 Å². The average molecular weight is 788 g/mol. The van der Waals surface area contributed by atoms with Gasteiger partial charge in [0.15, 0.2) is 11.9 Å². The normalized spacial score (nSPS) is 11.8. The first-order chi connectivity index (χ1) is 25.8. The molecule has 0 spiro atoms. The molecule has 0 aliphatic carbocycles. The zero-order valence-corrected chi connectivity index (χ0v) is 29.7. The SMILES string of the molecule is NC(N)=NCCC[C@H](NC(=O)CNC(=O)CNC(=O)CNC(=O)[C@H](CC(=O)O)NC(=O)CNC(=O)CNC(=O)CNC(=O)[C@@H](N)CCCN=C(N)N)C(=O)O. The molecule has 0 unspecified atom stereocenters. The number of nitrogens with one attached hydrogen (secondary N) is 8. The lowest BCUT2D eigenvalue weighted by atomic mass is 10.1. The molecule has 0 aromatic carbocycles. The number of amides is 8. The Morgan fingerprint density at radius 2 is 0.855 bits per heavy atom. The second-order valence-electron chi connectivity index (χ2n) is 11.2. The van der Waals surface area contributed by atoms with Crippen molar-refractivity contribution < 1.29 is 58.2 Å². The first kappa shape index (κ1) is 48.2. The Morgan fingerprint density at radius 3 is 1.25 bits per heavy atom. The van der Waals surface area contributed by atoms with Gasteiger partial charge in [0.05, 0.1) is 51.7 Å². The van der Waals surface area contributed by atoms with Crippen LogP contribution >= 0.6 is 0 Å². The molecular weight excluding hydrogens is 738 g/mol. The maximum Gasteiger partial charge on any atom is 0.326 e. The third kappa shape index (κ3) is 25.7. The summed E-state index contributed by atoms with van der Waals surface area (Å²) in [7, 11) is 0. The van der Waals surface area contributed by atoms with Gasteiger partial charge in [-0.15, -0.1) is 0 Å². The fourth-order valence-electron chi connectivity index (χ4n) is 3.84. The van der Waals surface area contributed by atoms with E-state index >= 15 is 0 Å². The molecule has 0 aliphatic heterocycles. The highest BCUT2D eigenvalue weighted by molar-refractivity contribution is 5.95. The van der Waals surface area contributed by atoms with Gasteiger partial charge in [0, 0.05) is 13.1 Å². The van der Waals surface area contributed by atoms with Crippen molar-refractivity contribution in [2.24, 2.45) is 38.7 Å². The highest BCUT2D eigenvalue weighted by Gasteiger charge is 2.25. The Morgan fingerprint density at radius 1 is 0.491 bits per heavy atom. The van der Waals surface area contributed by atoms with Gasteiger partial charge in [-0.1, -0.05) is 0 Å². The van der Waals surface area contributed by atoms with E-state index in [-0.39, 0.29) is 44.3 Å². The Kier molecular flexibility index (Phi) is 23.6. The number of carboxylic acid groups (broad SMARTS) is 2. The molecule has 55 heavy (non-hydrogen) atoms. The van der Waals surface area contributed by atoms with Crippen LogP contribution in [0.1, 0.15) is 32.1 Å². The van der Waals surface area contributed by atoms with Crippen LogP contribution in [0.15, 0.2) is 9.98 Å². The second kappa shape index (κ2) is 26.9. The molecule has 0 fully saturated rings. The number of nitrogens with zero attached hydrogens (tertiary/aromatic N) is 2. The summed E-state index contributed by atoms with van der Waals surface area (Å²) in [5, 5.41) is 35.6. The van der Waals surface area contributed by atoms with Crippen LogP contribution in [0, 0.1) is 0 Å². The van der Waals surface area contributed by atoms with E-state index in [9.17, 15) is 53.1 Å². The minimum atomic E-state index is -1.70. The van der Waals surface area contributed by atoms with Crippen LogP contribution in [-0.2, 0) is 47.9 Å². The highest BCUT2D eigenvalue weighted by Crippen LogP contribution is 1.99. The predicted octanol–water partition coefficient (Wildman–Crippen LogP) is -9.35. The van der Waals surface area contributed by atoms with Crippen LogP contribution in [-0.4, -0.2) is 152 Å². The Bertz CT molecular complexity index is 1450. The summed E-state index contributed by atoms with van der Waals surface area (Å²) in [6, 6.07) is -3.92. The summed E-state index contributed by atoms with van der Waals surface area (Å²) in [5.41, 5.74) is 26.5. The fraction of sp³-hybridized carbons (Fsp3) is 0.571. The number of carbonyl (C=O) groups is 10. The first-order valence-corrected chi connectivity index (χ1v) is 16.3. The molecule has 308 valence electrons. The zero-order valence-electron chi connectivity index (χ0n) is 29.7. The second-order valence-corrected chi connectivity index (χ2v) is 11.2. The van der Waals surface area contributed by atoms with E-state index in [4.69, 9.17) is 33.8 Å². The van der Waals surface area contributed by atoms with E-state index in [0.29, 0.717) is 6.42 Å². The number of rotatable bonds is 27. The molecule has 0 bridgehead atoms. The number of carbonyl (C=O) groups excluding carboxylic acids is 8. The Balaban J connectivity index is 4.56. The summed E-state index contributed by atoms with van der Waals surface area (Å²) < 4.78 is 0. The molecule has 20 N–H and O–H groups in total. The zero-order chi connectivity index (χ0) is 41.9. The molecular formula is C28H49N15O12. The van der Waals surface area contributed by atoms with Crippen LogP contribution in [0.25, 0.3) is 0 Å². The van der Waals surface area contributed by atoms with Crippen LogP contribution in [0.5, 0.6) is 0 Å². The maximum absolute atomic E-state index is 12.5. The van der Waals surface area contributed by atoms with Crippen molar-refractivity contribution in [3.8, 4) is 0 Å². The van der Waals surface area contributed by atoms with E-state index < -0.39 is 123 Å². The van der Waals surface area contributed by atoms with Gasteiger partial charge in [0.25, 0.3) is 0 Å². The van der Waals surface area contributed by atoms with Gasteiger partial charge in [0.1, 0.15) is 12.1 Å². The van der Waals surface area contributed by atoms with Gasteiger partial charge in [-0.05, 0) is 25.7 Å². The number of nitrogens with two attached hydrogens (primary N) is 5. The minimum absolute atomic E-state index is 0.00414. The van der Waals surface area contributed by atoms with E-state index in [0.717, 1.165) is 0 Å². The van der Waals surface area contributed by atoms with E-state index in [1.54, 1.807) is 0 Å². The molecule has 3 atom stereocenters. The number of carboxylic acids is 2. The largest absolute Gasteiger partial charge is 0.481 e. The van der Waals surface area contributed by atoms with E-state index in [2.05, 4.69) is 52.5 Å². The van der Waals surface area contributed by atoms with E-state index in [1.165, 1.54) is 0 Å². The third-order valence-corrected chi connectivity index (χ3v) is 6.54. The molecule has 0 saturated carbocycles. The minimum Gasteiger partial charge on any atom is -0.481 e. The third-order valence-electron chi connectivity index (χ3n) is 6.54. The van der Waals surface area contributed by atoms with Crippen molar-refractivity contribution in [3.05, 3.63) is 0 Å². The molecule has 0 rings (SSSR count). The number of aliphatic carboxylic acids is 2. The quantitative estimate of drug-likeness (QED) is 0.0209. The van der Waals surface area contributed by atoms with Gasteiger partial charge in [-0.3, -0.25) is 53.1 Å². The number of hydrogen-bond donors (Lipinski definition) is 15. The van der Waals surface area contributed by atoms with Crippen molar-refractivity contribution in [1.29, 1.82) is 0 Å². The van der Waals surface area contributed by atoms with Gasteiger partial charge in [-0.25, -0.2) is 4.79 Å². The molecule has 0 saturated heterocycles. The molecule has 27 heteroatoms. The molecule has 0 aliphatic rings. The lowest BCUT2D eigenvalue weighted by Crippen LogP contribution is -2.52. The standard InChI is InChI=1S/C28H49N15O12/c29-14(3-1-5-34-27(30)31)24(52)40-10-19(46)36-8-18(45)39-13-22(49)43-16(7-23(50)51)25(53)41-11-20(47)37-9-17(44)38-12-21(48)42-15(26(54)55)4-2-6-35-28(32)33/h14-16H,1-13,29H2,(H,36,46)(H,37,47)(H,38,44)(H,39,45)(H,40,52)(H,41,53)(H,42,48)(H,43,49)(H,50,51)(H,54,55)(H4,30,31,34)(H4,32,33,35)/t14-,15-,16-/m0/s1. The Hall–Kier alpha value is -6.80. The number of aliphatic imine (C=N–C) groups is 2. The highest BCUT2D eigenvalue weighted by atomic mass is 16.4. The van der Waals surface area contributed by atoms with Crippen molar-refractivity contribution in [2.75, 3.05) is 52.4 Å². The predicted molar refractivity (Wildman–Crippen MR) is 190 cm³/mol. The molecule has 8 amide bonds. The van der Waals surface area contributed by atoms with Crippen LogP contribution in [0.4, 0.5) is 0 Å². The molecule has 0 heterocycles. The van der Waals surface area contributed by atoms with Crippen LogP contribution < -0.4 is 71.2 Å². The van der Waals surface area contributed by atoms with Crippen LogP contribution in [0.3, 0.4) is 0 Å².